The average molecular weight is 346 g/mol. The minimum absolute atomic E-state index is 0.196. The first-order valence-corrected chi connectivity index (χ1v) is 8.55. The van der Waals surface area contributed by atoms with Gasteiger partial charge in [-0.15, -0.1) is 0 Å². The van der Waals surface area contributed by atoms with Crippen molar-refractivity contribution in [3.8, 4) is 0 Å². The number of sulfonamides is 1. The SMILES string of the molecule is C/C(=N/NC(=O)c1ccccn1)c1ccc(S(=O)(=O)N(C)C)cc1. The van der Waals surface area contributed by atoms with Crippen molar-refractivity contribution in [1.29, 1.82) is 0 Å². The molecule has 0 saturated heterocycles. The number of hydrazone groups is 1. The van der Waals surface area contributed by atoms with Crippen LogP contribution < -0.4 is 5.43 Å². The number of carbonyl (C=O) groups excluding carboxylic acids is 1. The van der Waals surface area contributed by atoms with Crippen molar-refractivity contribution in [3.05, 3.63) is 59.9 Å². The van der Waals surface area contributed by atoms with Crippen LogP contribution >= 0.6 is 0 Å². The van der Waals surface area contributed by atoms with Gasteiger partial charge in [-0.3, -0.25) is 9.78 Å². The van der Waals surface area contributed by atoms with Gasteiger partial charge < -0.3 is 0 Å². The lowest BCUT2D eigenvalue weighted by Gasteiger charge is -2.11. The Morgan fingerprint density at radius 2 is 1.79 bits per heavy atom. The summed E-state index contributed by atoms with van der Waals surface area (Å²) >= 11 is 0. The number of hydrogen-bond donors (Lipinski definition) is 1. The first-order chi connectivity index (χ1) is 11.3. The molecule has 2 rings (SSSR count). The summed E-state index contributed by atoms with van der Waals surface area (Å²) < 4.78 is 25.2. The Labute approximate surface area is 141 Å². The van der Waals surface area contributed by atoms with Crippen LogP contribution in [0.4, 0.5) is 0 Å². The van der Waals surface area contributed by atoms with Crippen LogP contribution in [0, 0.1) is 0 Å². The van der Waals surface area contributed by atoms with Crippen LogP contribution in [0.3, 0.4) is 0 Å². The number of aromatic nitrogens is 1. The Balaban J connectivity index is 2.13. The molecule has 7 nitrogen and oxygen atoms in total. The molecule has 0 saturated carbocycles. The number of rotatable bonds is 5. The van der Waals surface area contributed by atoms with Crippen LogP contribution in [0.1, 0.15) is 23.0 Å². The predicted molar refractivity (Wildman–Crippen MR) is 91.2 cm³/mol. The minimum Gasteiger partial charge on any atom is -0.266 e. The van der Waals surface area contributed by atoms with Gasteiger partial charge in [0.25, 0.3) is 5.91 Å². The summed E-state index contributed by atoms with van der Waals surface area (Å²) in [5, 5.41) is 4.01. The molecule has 2 aromatic rings. The zero-order valence-corrected chi connectivity index (χ0v) is 14.4. The smallest absolute Gasteiger partial charge is 0.266 e. The van der Waals surface area contributed by atoms with Gasteiger partial charge in [0.2, 0.25) is 10.0 Å². The molecule has 24 heavy (non-hydrogen) atoms. The maximum Gasteiger partial charge on any atom is 0.289 e. The van der Waals surface area contributed by atoms with Crippen LogP contribution in [0.5, 0.6) is 0 Å². The molecule has 0 fully saturated rings. The quantitative estimate of drug-likeness (QED) is 0.656. The molecular formula is C16H18N4O3S. The molecular weight excluding hydrogens is 328 g/mol. The second kappa shape index (κ2) is 7.33. The van der Waals surface area contributed by atoms with Crippen LogP contribution in [0.15, 0.2) is 58.7 Å². The van der Waals surface area contributed by atoms with E-state index in [2.05, 4.69) is 15.5 Å². The van der Waals surface area contributed by atoms with Gasteiger partial charge in [0, 0.05) is 20.3 Å². The van der Waals surface area contributed by atoms with Gasteiger partial charge in [-0.25, -0.2) is 18.1 Å². The molecule has 0 unspecified atom stereocenters. The molecule has 0 bridgehead atoms. The number of amides is 1. The van der Waals surface area contributed by atoms with E-state index in [9.17, 15) is 13.2 Å². The molecule has 1 heterocycles. The van der Waals surface area contributed by atoms with E-state index in [0.29, 0.717) is 11.3 Å². The van der Waals surface area contributed by atoms with E-state index in [1.807, 2.05) is 0 Å². The summed E-state index contributed by atoms with van der Waals surface area (Å²) in [6, 6.07) is 11.3. The predicted octanol–water partition coefficient (Wildman–Crippen LogP) is 1.49. The fourth-order valence-electron chi connectivity index (χ4n) is 1.83. The van der Waals surface area contributed by atoms with E-state index in [1.54, 1.807) is 37.3 Å². The lowest BCUT2D eigenvalue weighted by molar-refractivity contribution is 0.0950. The molecule has 0 atom stereocenters. The molecule has 0 spiro atoms. The maximum atomic E-state index is 12.0. The summed E-state index contributed by atoms with van der Waals surface area (Å²) in [4.78, 5) is 16.0. The number of pyridine rings is 1. The largest absolute Gasteiger partial charge is 0.289 e. The van der Waals surface area contributed by atoms with Crippen molar-refractivity contribution >= 4 is 21.6 Å². The summed E-state index contributed by atoms with van der Waals surface area (Å²) in [6.45, 7) is 1.72. The number of nitrogens with one attached hydrogen (secondary N) is 1. The molecule has 1 N–H and O–H groups in total. The summed E-state index contributed by atoms with van der Waals surface area (Å²) in [7, 11) is -0.515. The zero-order chi connectivity index (χ0) is 17.7. The Morgan fingerprint density at radius 3 is 2.33 bits per heavy atom. The molecule has 1 amide bonds. The van der Waals surface area contributed by atoms with Gasteiger partial charge in [-0.2, -0.15) is 5.10 Å². The van der Waals surface area contributed by atoms with Crippen molar-refractivity contribution in [3.63, 3.8) is 0 Å². The van der Waals surface area contributed by atoms with Gasteiger partial charge in [-0.05, 0) is 36.8 Å². The van der Waals surface area contributed by atoms with Gasteiger partial charge >= 0.3 is 0 Å². The van der Waals surface area contributed by atoms with Crippen molar-refractivity contribution in [1.82, 2.24) is 14.7 Å². The monoisotopic (exact) mass is 346 g/mol. The fourth-order valence-corrected chi connectivity index (χ4v) is 2.73. The molecule has 0 aliphatic rings. The topological polar surface area (TPSA) is 91.7 Å². The molecule has 0 aliphatic heterocycles. The lowest BCUT2D eigenvalue weighted by atomic mass is 10.1. The van der Waals surface area contributed by atoms with Crippen molar-refractivity contribution in [2.24, 2.45) is 5.10 Å². The first kappa shape index (κ1) is 17.8. The van der Waals surface area contributed by atoms with Crippen molar-refractivity contribution in [2.45, 2.75) is 11.8 Å². The standard InChI is InChI=1S/C16H18N4O3S/c1-12(18-19-16(21)15-6-4-5-11-17-15)13-7-9-14(10-8-13)24(22,23)20(2)3/h4-11H,1-3H3,(H,19,21)/b18-12-. The minimum atomic E-state index is -3.47. The highest BCUT2D eigenvalue weighted by Crippen LogP contribution is 2.14. The van der Waals surface area contributed by atoms with E-state index in [1.165, 1.54) is 32.4 Å². The van der Waals surface area contributed by atoms with Crippen LogP contribution in [-0.4, -0.2) is 43.4 Å². The van der Waals surface area contributed by atoms with E-state index < -0.39 is 15.9 Å². The van der Waals surface area contributed by atoms with Crippen LogP contribution in [0.2, 0.25) is 0 Å². The molecule has 8 heteroatoms. The average Bonchev–Trinajstić information content (AvgIpc) is 2.60. The Morgan fingerprint density at radius 1 is 1.12 bits per heavy atom. The molecule has 0 radical (unpaired) electrons. The highest BCUT2D eigenvalue weighted by molar-refractivity contribution is 7.89. The molecule has 1 aromatic carbocycles. The molecule has 126 valence electrons. The van der Waals surface area contributed by atoms with Crippen molar-refractivity contribution < 1.29 is 13.2 Å². The van der Waals surface area contributed by atoms with Crippen LogP contribution in [0.25, 0.3) is 0 Å². The summed E-state index contributed by atoms with van der Waals surface area (Å²) in [6.07, 6.45) is 1.52. The normalized spacial score (nSPS) is 12.2. The number of nitrogens with zero attached hydrogens (tertiary/aromatic N) is 3. The highest BCUT2D eigenvalue weighted by atomic mass is 32.2. The number of benzene rings is 1. The third-order valence-corrected chi connectivity index (χ3v) is 5.10. The zero-order valence-electron chi connectivity index (χ0n) is 13.6. The maximum absolute atomic E-state index is 12.0. The van der Waals surface area contributed by atoms with E-state index in [0.717, 1.165) is 4.31 Å². The van der Waals surface area contributed by atoms with Gasteiger partial charge in [-0.1, -0.05) is 18.2 Å². The van der Waals surface area contributed by atoms with E-state index >= 15 is 0 Å². The van der Waals surface area contributed by atoms with Crippen LogP contribution in [-0.2, 0) is 10.0 Å². The lowest BCUT2D eigenvalue weighted by Crippen LogP contribution is -2.22. The van der Waals surface area contributed by atoms with Gasteiger partial charge in [0.1, 0.15) is 5.69 Å². The fraction of sp³-hybridized carbons (Fsp3) is 0.188. The van der Waals surface area contributed by atoms with E-state index in [4.69, 9.17) is 0 Å². The number of hydrogen-bond acceptors (Lipinski definition) is 5. The first-order valence-electron chi connectivity index (χ1n) is 7.11. The van der Waals surface area contributed by atoms with Gasteiger partial charge in [0.05, 0.1) is 10.6 Å². The van der Waals surface area contributed by atoms with Gasteiger partial charge in [0.15, 0.2) is 0 Å². The second-order valence-corrected chi connectivity index (χ2v) is 7.32. The summed E-state index contributed by atoms with van der Waals surface area (Å²) in [5.74, 6) is -0.415. The van der Waals surface area contributed by atoms with E-state index in [-0.39, 0.29) is 10.6 Å². The Kier molecular flexibility index (Phi) is 5.42. The summed E-state index contributed by atoms with van der Waals surface area (Å²) in [5.41, 5.74) is 3.94. The Bertz CT molecular complexity index is 845. The third-order valence-electron chi connectivity index (χ3n) is 3.27. The second-order valence-electron chi connectivity index (χ2n) is 5.16. The Hall–Kier alpha value is -2.58. The highest BCUT2D eigenvalue weighted by Gasteiger charge is 2.16. The molecule has 0 aliphatic carbocycles. The third kappa shape index (κ3) is 4.03. The number of carbonyl (C=O) groups is 1. The molecule has 1 aromatic heterocycles. The van der Waals surface area contributed by atoms with Crippen molar-refractivity contribution in [2.75, 3.05) is 14.1 Å².